The van der Waals surface area contributed by atoms with Gasteiger partial charge in [0, 0.05) is 19.5 Å². The second-order valence-corrected chi connectivity index (χ2v) is 4.77. The first-order valence-electron chi connectivity index (χ1n) is 6.51. The minimum absolute atomic E-state index is 0.186. The number of rotatable bonds is 4. The van der Waals surface area contributed by atoms with E-state index in [2.05, 4.69) is 17.4 Å². The van der Waals surface area contributed by atoms with Crippen LogP contribution in [0, 0.1) is 5.82 Å². The van der Waals surface area contributed by atoms with Crippen LogP contribution in [-0.4, -0.2) is 6.61 Å². The average Bonchev–Trinajstić information content (AvgIpc) is 2.86. The monoisotopic (exact) mass is 257 g/mol. The van der Waals surface area contributed by atoms with Crippen LogP contribution in [-0.2, 0) is 19.5 Å². The van der Waals surface area contributed by atoms with Gasteiger partial charge in [0.1, 0.15) is 11.6 Å². The molecule has 0 radical (unpaired) electrons. The summed E-state index contributed by atoms with van der Waals surface area (Å²) < 4.78 is 18.5. The third-order valence-electron chi connectivity index (χ3n) is 3.30. The Balaban J connectivity index is 1.58. The lowest BCUT2D eigenvalue weighted by atomic mass is 10.1. The van der Waals surface area contributed by atoms with Crippen molar-refractivity contribution in [1.29, 1.82) is 0 Å². The summed E-state index contributed by atoms with van der Waals surface area (Å²) in [5.74, 6) is 0.822. The van der Waals surface area contributed by atoms with E-state index in [0.717, 1.165) is 30.9 Å². The zero-order valence-electron chi connectivity index (χ0n) is 10.7. The van der Waals surface area contributed by atoms with Crippen molar-refractivity contribution >= 4 is 0 Å². The molecule has 2 nitrogen and oxygen atoms in total. The van der Waals surface area contributed by atoms with E-state index in [1.807, 2.05) is 12.1 Å². The second-order valence-electron chi connectivity index (χ2n) is 4.77. The zero-order valence-corrected chi connectivity index (χ0v) is 10.7. The molecule has 2 aromatic rings. The quantitative estimate of drug-likeness (QED) is 0.909. The van der Waals surface area contributed by atoms with Gasteiger partial charge in [0.2, 0.25) is 0 Å². The van der Waals surface area contributed by atoms with Crippen LogP contribution in [0.4, 0.5) is 4.39 Å². The molecule has 0 amide bonds. The van der Waals surface area contributed by atoms with Gasteiger partial charge >= 0.3 is 0 Å². The van der Waals surface area contributed by atoms with E-state index in [9.17, 15) is 4.39 Å². The fraction of sp³-hybridized carbons (Fsp3) is 0.250. The molecule has 1 N–H and O–H groups in total. The van der Waals surface area contributed by atoms with E-state index in [1.165, 1.54) is 17.2 Å². The molecule has 0 saturated carbocycles. The van der Waals surface area contributed by atoms with Gasteiger partial charge in [0.25, 0.3) is 0 Å². The van der Waals surface area contributed by atoms with Crippen molar-refractivity contribution in [2.45, 2.75) is 19.5 Å². The van der Waals surface area contributed by atoms with Crippen LogP contribution in [0.3, 0.4) is 0 Å². The number of hydrogen-bond donors (Lipinski definition) is 1. The average molecular weight is 257 g/mol. The molecule has 0 spiro atoms. The molecular weight excluding hydrogens is 241 g/mol. The van der Waals surface area contributed by atoms with E-state index in [0.29, 0.717) is 6.54 Å². The molecule has 0 fully saturated rings. The summed E-state index contributed by atoms with van der Waals surface area (Å²) >= 11 is 0. The Kier molecular flexibility index (Phi) is 3.47. The van der Waals surface area contributed by atoms with Gasteiger partial charge in [-0.25, -0.2) is 4.39 Å². The van der Waals surface area contributed by atoms with Crippen LogP contribution in [0.15, 0.2) is 42.5 Å². The smallest absolute Gasteiger partial charge is 0.123 e. The van der Waals surface area contributed by atoms with Crippen molar-refractivity contribution in [2.75, 3.05) is 6.61 Å². The number of hydrogen-bond acceptors (Lipinski definition) is 2. The van der Waals surface area contributed by atoms with E-state index in [-0.39, 0.29) is 5.82 Å². The Morgan fingerprint density at radius 2 is 1.89 bits per heavy atom. The van der Waals surface area contributed by atoms with Crippen molar-refractivity contribution in [3.05, 3.63) is 65.0 Å². The molecule has 0 atom stereocenters. The standard InChI is InChI=1S/C16H16FNO/c17-15-3-1-2-12(9-15)10-18-11-13-4-5-16-14(8-13)6-7-19-16/h1-5,8-9,18H,6-7,10-11H2. The molecule has 0 aromatic heterocycles. The summed E-state index contributed by atoms with van der Waals surface area (Å²) in [5.41, 5.74) is 3.48. The lowest BCUT2D eigenvalue weighted by Crippen LogP contribution is -2.12. The third-order valence-corrected chi connectivity index (χ3v) is 3.30. The molecule has 1 aliphatic rings. The van der Waals surface area contributed by atoms with Gasteiger partial charge in [0.05, 0.1) is 6.61 Å². The molecule has 19 heavy (non-hydrogen) atoms. The highest BCUT2D eigenvalue weighted by molar-refractivity contribution is 5.39. The maximum absolute atomic E-state index is 13.0. The molecule has 0 saturated heterocycles. The van der Waals surface area contributed by atoms with Gasteiger partial charge in [0.15, 0.2) is 0 Å². The lowest BCUT2D eigenvalue weighted by molar-refractivity contribution is 0.357. The molecule has 98 valence electrons. The van der Waals surface area contributed by atoms with E-state index >= 15 is 0 Å². The Hall–Kier alpha value is -1.87. The molecule has 2 aromatic carbocycles. The maximum atomic E-state index is 13.0. The Bertz CT molecular complexity index is 583. The van der Waals surface area contributed by atoms with Crippen LogP contribution in [0.25, 0.3) is 0 Å². The summed E-state index contributed by atoms with van der Waals surface area (Å²) in [7, 11) is 0. The Labute approximate surface area is 112 Å². The highest BCUT2D eigenvalue weighted by Gasteiger charge is 2.11. The first-order chi connectivity index (χ1) is 9.31. The first-order valence-corrected chi connectivity index (χ1v) is 6.51. The largest absolute Gasteiger partial charge is 0.493 e. The van der Waals surface area contributed by atoms with Gasteiger partial charge in [-0.05, 0) is 34.9 Å². The van der Waals surface area contributed by atoms with Crippen molar-refractivity contribution in [2.24, 2.45) is 0 Å². The van der Waals surface area contributed by atoms with Gasteiger partial charge in [-0.3, -0.25) is 0 Å². The lowest BCUT2D eigenvalue weighted by Gasteiger charge is -2.07. The summed E-state index contributed by atoms with van der Waals surface area (Å²) in [6.45, 7) is 2.24. The van der Waals surface area contributed by atoms with Crippen molar-refractivity contribution in [3.63, 3.8) is 0 Å². The molecule has 1 heterocycles. The number of halogens is 1. The highest BCUT2D eigenvalue weighted by atomic mass is 19.1. The SMILES string of the molecule is Fc1cccc(CNCc2ccc3c(c2)CCO3)c1. The number of benzene rings is 2. The number of nitrogens with one attached hydrogen (secondary N) is 1. The van der Waals surface area contributed by atoms with Crippen molar-refractivity contribution in [1.82, 2.24) is 5.32 Å². The molecule has 0 unspecified atom stereocenters. The van der Waals surface area contributed by atoms with Gasteiger partial charge in [-0.15, -0.1) is 0 Å². The fourth-order valence-corrected chi connectivity index (χ4v) is 2.35. The number of fused-ring (bicyclic) bond motifs is 1. The van der Waals surface area contributed by atoms with Gasteiger partial charge < -0.3 is 10.1 Å². The van der Waals surface area contributed by atoms with Gasteiger partial charge in [-0.1, -0.05) is 24.3 Å². The number of ether oxygens (including phenoxy) is 1. The Morgan fingerprint density at radius 3 is 2.74 bits per heavy atom. The zero-order chi connectivity index (χ0) is 13.1. The van der Waals surface area contributed by atoms with E-state index < -0.39 is 0 Å². The molecule has 3 heteroatoms. The summed E-state index contributed by atoms with van der Waals surface area (Å²) in [6, 6.07) is 13.0. The van der Waals surface area contributed by atoms with Crippen LogP contribution in [0.2, 0.25) is 0 Å². The third kappa shape index (κ3) is 2.93. The second kappa shape index (κ2) is 5.41. The summed E-state index contributed by atoms with van der Waals surface area (Å²) in [5, 5.41) is 3.33. The normalized spacial score (nSPS) is 13.1. The molecule has 1 aliphatic heterocycles. The first kappa shape index (κ1) is 12.2. The summed E-state index contributed by atoms with van der Waals surface area (Å²) in [6.07, 6.45) is 0.993. The predicted octanol–water partition coefficient (Wildman–Crippen LogP) is 3.05. The maximum Gasteiger partial charge on any atom is 0.123 e. The van der Waals surface area contributed by atoms with Crippen molar-refractivity contribution in [3.8, 4) is 5.75 Å². The highest BCUT2D eigenvalue weighted by Crippen LogP contribution is 2.25. The summed E-state index contributed by atoms with van der Waals surface area (Å²) in [4.78, 5) is 0. The van der Waals surface area contributed by atoms with Gasteiger partial charge in [-0.2, -0.15) is 0 Å². The minimum atomic E-state index is -0.186. The Morgan fingerprint density at radius 1 is 1.05 bits per heavy atom. The van der Waals surface area contributed by atoms with Crippen molar-refractivity contribution < 1.29 is 9.13 Å². The minimum Gasteiger partial charge on any atom is -0.493 e. The van der Waals surface area contributed by atoms with Crippen LogP contribution >= 0.6 is 0 Å². The molecule has 3 rings (SSSR count). The topological polar surface area (TPSA) is 21.3 Å². The van der Waals surface area contributed by atoms with Crippen LogP contribution < -0.4 is 10.1 Å². The van der Waals surface area contributed by atoms with Crippen LogP contribution in [0.5, 0.6) is 5.75 Å². The molecule has 0 aliphatic carbocycles. The van der Waals surface area contributed by atoms with E-state index in [1.54, 1.807) is 12.1 Å². The van der Waals surface area contributed by atoms with Crippen LogP contribution in [0.1, 0.15) is 16.7 Å². The molecule has 0 bridgehead atoms. The molecular formula is C16H16FNO. The van der Waals surface area contributed by atoms with E-state index in [4.69, 9.17) is 4.74 Å². The fourth-order valence-electron chi connectivity index (χ4n) is 2.35. The predicted molar refractivity (Wildman–Crippen MR) is 72.6 cm³/mol.